The Balaban J connectivity index is 1.30. The molecule has 16 rings (SSSR count). The van der Waals surface area contributed by atoms with Gasteiger partial charge in [-0.15, -0.1) is 0 Å². The molecule has 12 heteroatoms. The van der Waals surface area contributed by atoms with Crippen LogP contribution in [-0.4, -0.2) is 18.3 Å². The molecule has 4 aromatic heterocycles. The van der Waals surface area contributed by atoms with E-state index in [1.807, 2.05) is 76.2 Å². The third-order valence-corrected chi connectivity index (χ3v) is 18.3. The Labute approximate surface area is 438 Å². The molecule has 380 valence electrons. The van der Waals surface area contributed by atoms with Crippen LogP contribution in [0.3, 0.4) is 0 Å². The zero-order valence-electron chi connectivity index (χ0n) is 43.5. The molecule has 0 spiro atoms. The molecule has 0 aliphatic rings. The highest BCUT2D eigenvalue weighted by molar-refractivity contribution is 6.56. The highest BCUT2D eigenvalue weighted by Crippen LogP contribution is 2.57. The first-order valence-electron chi connectivity index (χ1n) is 27.7. The van der Waals surface area contributed by atoms with Crippen molar-refractivity contribution in [3.05, 3.63) is 156 Å². The van der Waals surface area contributed by atoms with Crippen LogP contribution in [0.25, 0.3) is 162 Å². The van der Waals surface area contributed by atoms with Crippen LogP contribution < -0.4 is 44.5 Å². The second-order valence-corrected chi connectivity index (χ2v) is 22.2. The molecular weight excluding hydrogens is 977 g/mol. The lowest BCUT2D eigenvalue weighted by molar-refractivity contribution is 0.604. The zero-order chi connectivity index (χ0) is 53.2. The Morgan fingerprint density at radius 3 is 0.590 bits per heavy atom. The van der Waals surface area contributed by atoms with Gasteiger partial charge < -0.3 is 0 Å². The Kier molecular flexibility index (Phi) is 8.95. The molecule has 0 N–H and O–H groups in total. The predicted molar refractivity (Wildman–Crippen MR) is 320 cm³/mol. The topological polar surface area (TPSA) is 156 Å². The highest BCUT2D eigenvalue weighted by atomic mass is 16.2. The lowest BCUT2D eigenvalue weighted by Crippen LogP contribution is -2.33. The van der Waals surface area contributed by atoms with Crippen molar-refractivity contribution in [3.63, 3.8) is 0 Å². The molecule has 0 aliphatic heterocycles. The number of hydrogen-bond donors (Lipinski definition) is 0. The van der Waals surface area contributed by atoms with Crippen molar-refractivity contribution in [2.75, 3.05) is 0 Å². The van der Waals surface area contributed by atoms with Gasteiger partial charge in [-0.1, -0.05) is 77.6 Å². The van der Waals surface area contributed by atoms with E-state index in [0.29, 0.717) is 144 Å². The molecule has 78 heavy (non-hydrogen) atoms. The van der Waals surface area contributed by atoms with Gasteiger partial charge in [0.05, 0.1) is 0 Å². The molecule has 0 radical (unpaired) electrons. The maximum absolute atomic E-state index is 15.3. The Bertz CT molecular complexity index is 5160. The lowest BCUT2D eigenvalue weighted by atomic mass is 9.76. The number of aromatic nitrogens is 4. The van der Waals surface area contributed by atoms with Gasteiger partial charge in [-0.3, -0.25) is 56.6 Å². The summed E-state index contributed by atoms with van der Waals surface area (Å²) in [6, 6.07) is 22.6. The quantitative estimate of drug-likeness (QED) is 0.0865. The second-order valence-electron chi connectivity index (χ2n) is 22.2. The minimum atomic E-state index is -0.415. The fourth-order valence-corrected chi connectivity index (χ4v) is 14.8. The van der Waals surface area contributed by atoms with Gasteiger partial charge in [0.25, 0.3) is 44.5 Å². The minimum absolute atomic E-state index is 0.231. The van der Waals surface area contributed by atoms with Crippen molar-refractivity contribution in [1.29, 1.82) is 0 Å². The number of rotatable bonds is 12. The van der Waals surface area contributed by atoms with Gasteiger partial charge in [-0.05, 0) is 171 Å². The average Bonchev–Trinajstić information content (AvgIpc) is 2.62. The van der Waals surface area contributed by atoms with Crippen LogP contribution in [-0.2, 0) is 26.2 Å². The summed E-state index contributed by atoms with van der Waals surface area (Å²) in [6.07, 6.45) is 5.49. The third-order valence-electron chi connectivity index (χ3n) is 18.3. The maximum Gasteiger partial charge on any atom is 0.261 e. The SMILES string of the molecule is CCCCn1c(=O)c2ccc3c4ccc5c(=O)n(CCCC)c(=O)c6cc7c8c9cc%10c(=O)n(CCCC)c(=O)c%11ccc%12c%13ccc%14c(=O)n(CCCC)c(=O)c%15cc(c8c8cc(c1=O)c2c3c8c7c4c56)c(c%13c%14%15)c9c%12c%11%10. The van der Waals surface area contributed by atoms with E-state index in [-0.39, 0.29) is 48.4 Å². The van der Waals surface area contributed by atoms with Crippen molar-refractivity contribution in [1.82, 2.24) is 18.3 Å². The Hall–Kier alpha value is -8.90. The third kappa shape index (κ3) is 5.13. The summed E-state index contributed by atoms with van der Waals surface area (Å²) in [6.45, 7) is 8.99. The van der Waals surface area contributed by atoms with E-state index in [9.17, 15) is 19.2 Å². The first kappa shape index (κ1) is 45.3. The fraction of sp³-hybridized carbons (Fsp3) is 0.242. The number of fused-ring (bicyclic) bond motifs is 7. The molecule has 0 bridgehead atoms. The van der Waals surface area contributed by atoms with E-state index in [2.05, 4.69) is 0 Å². The van der Waals surface area contributed by atoms with Crippen LogP contribution in [0.4, 0.5) is 0 Å². The van der Waals surface area contributed by atoms with Gasteiger partial charge in [0.2, 0.25) is 0 Å². The van der Waals surface area contributed by atoms with E-state index in [1.165, 1.54) is 18.3 Å². The minimum Gasteiger partial charge on any atom is -0.274 e. The predicted octanol–water partition coefficient (Wildman–Crippen LogP) is 11.8. The molecule has 0 saturated heterocycles. The molecule has 0 atom stereocenters. The van der Waals surface area contributed by atoms with Crippen LogP contribution in [0.1, 0.15) is 79.1 Å². The number of benzene rings is 12. The van der Waals surface area contributed by atoms with Crippen LogP contribution in [0.15, 0.2) is 111 Å². The molecule has 0 saturated carbocycles. The summed E-state index contributed by atoms with van der Waals surface area (Å²) in [5.74, 6) is 0. The van der Waals surface area contributed by atoms with E-state index in [4.69, 9.17) is 0 Å². The van der Waals surface area contributed by atoms with Crippen molar-refractivity contribution < 1.29 is 0 Å². The Morgan fingerprint density at radius 1 is 0.218 bits per heavy atom. The van der Waals surface area contributed by atoms with Crippen molar-refractivity contribution >= 4 is 162 Å². The van der Waals surface area contributed by atoms with Crippen LogP contribution in [0, 0.1) is 0 Å². The van der Waals surface area contributed by atoms with Gasteiger partial charge in [0, 0.05) is 90.8 Å². The summed E-state index contributed by atoms with van der Waals surface area (Å²) in [5, 5.41) is 18.0. The standard InChI is InChI=1S/C66H48N4O8/c1-5-9-21-67-59(71)33-17-13-29-30-14-18-34-46-43(65(77)69(60(34)72)23-11-7-3)27-39-50-40-28-44-48-36(62(74)70(66(44)78)24-12-8-4)20-16-32-31-15-19-35-47-42(64(76)68(61(35)73)22-10-6-2)26-38(57(53(31)47)58(40)54(32)48)49(50)37-25-41(63(67)75)45(33)51(29)55(37)56(39)52(30)46/h13-20,25-28H,5-12,21-24H2,1-4H3. The first-order valence-corrected chi connectivity index (χ1v) is 27.7. The van der Waals surface area contributed by atoms with E-state index >= 15 is 19.2 Å². The Morgan fingerprint density at radius 2 is 0.385 bits per heavy atom. The highest BCUT2D eigenvalue weighted by Gasteiger charge is 2.33. The van der Waals surface area contributed by atoms with Crippen molar-refractivity contribution in [2.45, 2.75) is 105 Å². The summed E-state index contributed by atoms with van der Waals surface area (Å²) >= 11 is 0. The van der Waals surface area contributed by atoms with Crippen molar-refractivity contribution in [3.8, 4) is 0 Å². The van der Waals surface area contributed by atoms with Crippen LogP contribution >= 0.6 is 0 Å². The van der Waals surface area contributed by atoms with Gasteiger partial charge in [0.1, 0.15) is 0 Å². The van der Waals surface area contributed by atoms with E-state index < -0.39 is 22.2 Å². The number of nitrogens with zero attached hydrogens (tertiary/aromatic N) is 4. The molecule has 0 amide bonds. The molecular formula is C66H48N4O8. The maximum atomic E-state index is 15.3. The second kappa shape index (κ2) is 15.4. The van der Waals surface area contributed by atoms with Crippen LogP contribution in [0.5, 0.6) is 0 Å². The molecule has 12 nitrogen and oxygen atoms in total. The number of hydrogen-bond acceptors (Lipinski definition) is 8. The van der Waals surface area contributed by atoms with Crippen molar-refractivity contribution in [2.24, 2.45) is 0 Å². The molecule has 4 heterocycles. The monoisotopic (exact) mass is 1020 g/mol. The summed E-state index contributed by atoms with van der Waals surface area (Å²) < 4.78 is 5.41. The molecule has 0 aliphatic carbocycles. The average molecular weight is 1030 g/mol. The van der Waals surface area contributed by atoms with Gasteiger partial charge in [0.15, 0.2) is 0 Å². The smallest absolute Gasteiger partial charge is 0.261 e. The van der Waals surface area contributed by atoms with Gasteiger partial charge >= 0.3 is 0 Å². The van der Waals surface area contributed by atoms with Gasteiger partial charge in [-0.25, -0.2) is 0 Å². The molecule has 12 aromatic carbocycles. The largest absolute Gasteiger partial charge is 0.274 e. The summed E-state index contributed by atoms with van der Waals surface area (Å²) in [5.41, 5.74) is -3.15. The number of unbranched alkanes of at least 4 members (excludes halogenated alkanes) is 4. The molecule has 0 unspecified atom stereocenters. The zero-order valence-corrected chi connectivity index (χ0v) is 43.5. The van der Waals surface area contributed by atoms with E-state index in [0.717, 1.165) is 68.8 Å². The fourth-order valence-electron chi connectivity index (χ4n) is 14.8. The van der Waals surface area contributed by atoms with Gasteiger partial charge in [-0.2, -0.15) is 0 Å². The molecule has 0 fully saturated rings. The van der Waals surface area contributed by atoms with E-state index in [1.54, 1.807) is 24.3 Å². The molecule has 16 aromatic rings. The summed E-state index contributed by atoms with van der Waals surface area (Å²) in [4.78, 5) is 120. The first-order chi connectivity index (χ1) is 37.9. The number of pyridine rings is 4. The lowest BCUT2D eigenvalue weighted by Gasteiger charge is -2.26. The summed E-state index contributed by atoms with van der Waals surface area (Å²) in [7, 11) is 0. The normalized spacial score (nSPS) is 13.1. The van der Waals surface area contributed by atoms with Crippen LogP contribution in [0.2, 0.25) is 0 Å².